The van der Waals surface area contributed by atoms with Gasteiger partial charge in [-0.05, 0) is 47.5 Å². The molecule has 0 saturated carbocycles. The Morgan fingerprint density at radius 3 is 1.97 bits per heavy atom. The molecular weight excluding hydrogens is 413 g/mol. The van der Waals surface area contributed by atoms with Crippen LogP contribution in [0.1, 0.15) is 11.1 Å². The molecule has 0 aliphatic rings. The Labute approximate surface area is 176 Å². The fourth-order valence-corrected chi connectivity index (χ4v) is 2.74. The van der Waals surface area contributed by atoms with Gasteiger partial charge in [0.25, 0.3) is 0 Å². The summed E-state index contributed by atoms with van der Waals surface area (Å²) in [5, 5.41) is 9.45. The van der Waals surface area contributed by atoms with Crippen molar-refractivity contribution in [1.29, 1.82) is 0 Å². The van der Waals surface area contributed by atoms with Gasteiger partial charge in [0.1, 0.15) is 23.9 Å². The summed E-state index contributed by atoms with van der Waals surface area (Å²) in [6, 6.07) is 21.2. The molecule has 1 N–H and O–H groups in total. The zero-order valence-electron chi connectivity index (χ0n) is 16.2. The number of benzene rings is 3. The SMILES string of the molecule is O=C(O)C(Cc1ccc(OCc2ccccc2)cc1)Oc1ccc(OC(F)(F)F)cc1. The standard InChI is InChI=1S/C23H19F3O5/c24-23(25,26)31-20-12-10-19(11-13-20)30-21(22(27)28)14-16-6-8-18(9-7-16)29-15-17-4-2-1-3-5-17/h1-13,21H,14-15H2,(H,27,28). The van der Waals surface area contributed by atoms with Gasteiger partial charge in [-0.1, -0.05) is 42.5 Å². The predicted molar refractivity (Wildman–Crippen MR) is 106 cm³/mol. The van der Waals surface area contributed by atoms with Crippen molar-refractivity contribution in [1.82, 2.24) is 0 Å². The summed E-state index contributed by atoms with van der Waals surface area (Å²) in [4.78, 5) is 11.6. The molecule has 31 heavy (non-hydrogen) atoms. The van der Waals surface area contributed by atoms with Crippen molar-refractivity contribution in [2.24, 2.45) is 0 Å². The van der Waals surface area contributed by atoms with Crippen molar-refractivity contribution in [3.63, 3.8) is 0 Å². The summed E-state index contributed by atoms with van der Waals surface area (Å²) in [5.41, 5.74) is 1.73. The van der Waals surface area contributed by atoms with Crippen LogP contribution in [0.3, 0.4) is 0 Å². The van der Waals surface area contributed by atoms with E-state index in [1.165, 1.54) is 12.1 Å². The van der Waals surface area contributed by atoms with Crippen molar-refractivity contribution in [3.05, 3.63) is 90.0 Å². The molecule has 3 aromatic carbocycles. The van der Waals surface area contributed by atoms with Crippen molar-refractivity contribution >= 4 is 5.97 Å². The van der Waals surface area contributed by atoms with E-state index in [0.717, 1.165) is 17.7 Å². The molecule has 0 radical (unpaired) electrons. The van der Waals surface area contributed by atoms with Gasteiger partial charge in [0.2, 0.25) is 0 Å². The van der Waals surface area contributed by atoms with Crippen molar-refractivity contribution in [2.75, 3.05) is 0 Å². The van der Waals surface area contributed by atoms with Crippen LogP contribution in [0.2, 0.25) is 0 Å². The Hall–Kier alpha value is -3.68. The minimum atomic E-state index is -4.80. The van der Waals surface area contributed by atoms with Gasteiger partial charge in [0, 0.05) is 6.42 Å². The molecule has 0 bridgehead atoms. The number of rotatable bonds is 9. The zero-order chi connectivity index (χ0) is 22.3. The Kier molecular flexibility index (Phi) is 7.02. The molecule has 0 aromatic heterocycles. The number of hydrogen-bond donors (Lipinski definition) is 1. The highest BCUT2D eigenvalue weighted by molar-refractivity contribution is 5.73. The van der Waals surface area contributed by atoms with Gasteiger partial charge in [0.15, 0.2) is 6.10 Å². The van der Waals surface area contributed by atoms with Gasteiger partial charge < -0.3 is 19.3 Å². The lowest BCUT2D eigenvalue weighted by Crippen LogP contribution is -2.29. The third-order valence-electron chi connectivity index (χ3n) is 4.20. The summed E-state index contributed by atoms with van der Waals surface area (Å²) in [6.07, 6.45) is -5.96. The summed E-state index contributed by atoms with van der Waals surface area (Å²) >= 11 is 0. The van der Waals surface area contributed by atoms with Gasteiger partial charge in [-0.3, -0.25) is 0 Å². The molecule has 0 aliphatic heterocycles. The van der Waals surface area contributed by atoms with E-state index in [1.54, 1.807) is 24.3 Å². The quantitative estimate of drug-likeness (QED) is 0.501. The van der Waals surface area contributed by atoms with Crippen LogP contribution in [0.25, 0.3) is 0 Å². The number of alkyl halides is 3. The van der Waals surface area contributed by atoms with Crippen LogP contribution in [0.15, 0.2) is 78.9 Å². The Bertz CT molecular complexity index is 971. The number of halogens is 3. The number of hydrogen-bond acceptors (Lipinski definition) is 4. The summed E-state index contributed by atoms with van der Waals surface area (Å²) < 4.78 is 51.6. The van der Waals surface area contributed by atoms with Crippen LogP contribution in [-0.2, 0) is 17.8 Å². The summed E-state index contributed by atoms with van der Waals surface area (Å²) in [5.74, 6) is -0.858. The van der Waals surface area contributed by atoms with Gasteiger partial charge in [-0.25, -0.2) is 4.79 Å². The normalized spacial score (nSPS) is 12.1. The predicted octanol–water partition coefficient (Wildman–Crippen LogP) is 5.24. The molecule has 0 aliphatic carbocycles. The lowest BCUT2D eigenvalue weighted by molar-refractivity contribution is -0.274. The lowest BCUT2D eigenvalue weighted by Gasteiger charge is -2.16. The Morgan fingerprint density at radius 1 is 0.806 bits per heavy atom. The van der Waals surface area contributed by atoms with E-state index in [-0.39, 0.29) is 12.2 Å². The second kappa shape index (κ2) is 9.88. The Morgan fingerprint density at radius 2 is 1.39 bits per heavy atom. The fourth-order valence-electron chi connectivity index (χ4n) is 2.74. The van der Waals surface area contributed by atoms with Crippen molar-refractivity contribution in [3.8, 4) is 17.2 Å². The van der Waals surface area contributed by atoms with E-state index in [0.29, 0.717) is 17.9 Å². The minimum Gasteiger partial charge on any atom is -0.489 e. The fraction of sp³-hybridized carbons (Fsp3) is 0.174. The largest absolute Gasteiger partial charge is 0.573 e. The average molecular weight is 432 g/mol. The molecule has 0 saturated heterocycles. The maximum Gasteiger partial charge on any atom is 0.573 e. The highest BCUT2D eigenvalue weighted by Crippen LogP contribution is 2.25. The minimum absolute atomic E-state index is 0.0646. The molecule has 0 spiro atoms. The first-order valence-corrected chi connectivity index (χ1v) is 9.29. The molecule has 1 atom stereocenters. The smallest absolute Gasteiger partial charge is 0.489 e. The monoisotopic (exact) mass is 432 g/mol. The molecular formula is C23H19F3O5. The van der Waals surface area contributed by atoms with Crippen LogP contribution < -0.4 is 14.2 Å². The van der Waals surface area contributed by atoms with Crippen molar-refractivity contribution < 1.29 is 37.3 Å². The maximum atomic E-state index is 12.2. The number of carboxylic acid groups (broad SMARTS) is 1. The molecule has 162 valence electrons. The molecule has 0 heterocycles. The third-order valence-corrected chi connectivity index (χ3v) is 4.20. The second-order valence-electron chi connectivity index (χ2n) is 6.59. The molecule has 0 amide bonds. The zero-order valence-corrected chi connectivity index (χ0v) is 16.2. The van der Waals surface area contributed by atoms with E-state index in [4.69, 9.17) is 9.47 Å². The van der Waals surface area contributed by atoms with Gasteiger partial charge >= 0.3 is 12.3 Å². The van der Waals surface area contributed by atoms with E-state index >= 15 is 0 Å². The molecule has 3 aromatic rings. The molecule has 1 unspecified atom stereocenters. The number of carboxylic acids is 1. The summed E-state index contributed by atoms with van der Waals surface area (Å²) in [6.45, 7) is 0.412. The van der Waals surface area contributed by atoms with Crippen molar-refractivity contribution in [2.45, 2.75) is 25.5 Å². The molecule has 8 heteroatoms. The number of carbonyl (C=O) groups is 1. The maximum absolute atomic E-state index is 12.2. The lowest BCUT2D eigenvalue weighted by atomic mass is 10.1. The topological polar surface area (TPSA) is 65.0 Å². The number of ether oxygens (including phenoxy) is 3. The molecule has 0 fully saturated rings. The van der Waals surface area contributed by atoms with Crippen LogP contribution in [0.5, 0.6) is 17.2 Å². The third kappa shape index (κ3) is 7.26. The van der Waals surface area contributed by atoms with Gasteiger partial charge in [-0.15, -0.1) is 13.2 Å². The van der Waals surface area contributed by atoms with E-state index in [1.807, 2.05) is 30.3 Å². The summed E-state index contributed by atoms with van der Waals surface area (Å²) in [7, 11) is 0. The molecule has 5 nitrogen and oxygen atoms in total. The van der Waals surface area contributed by atoms with E-state index < -0.39 is 24.2 Å². The number of aliphatic carboxylic acids is 1. The molecule has 3 rings (SSSR count). The van der Waals surface area contributed by atoms with Gasteiger partial charge in [0.05, 0.1) is 0 Å². The highest BCUT2D eigenvalue weighted by Gasteiger charge is 2.31. The first-order valence-electron chi connectivity index (χ1n) is 9.29. The van der Waals surface area contributed by atoms with E-state index in [9.17, 15) is 23.1 Å². The second-order valence-corrected chi connectivity index (χ2v) is 6.59. The average Bonchev–Trinajstić information content (AvgIpc) is 2.73. The first kappa shape index (κ1) is 22.0. The van der Waals surface area contributed by atoms with Crippen LogP contribution >= 0.6 is 0 Å². The Balaban J connectivity index is 1.57. The first-order chi connectivity index (χ1) is 14.8. The highest BCUT2D eigenvalue weighted by atomic mass is 19.4. The van der Waals surface area contributed by atoms with E-state index in [2.05, 4.69) is 4.74 Å². The van der Waals surface area contributed by atoms with Crippen LogP contribution in [0.4, 0.5) is 13.2 Å². The van der Waals surface area contributed by atoms with Gasteiger partial charge in [-0.2, -0.15) is 0 Å². The van der Waals surface area contributed by atoms with Crippen LogP contribution in [0, 0.1) is 0 Å². The van der Waals surface area contributed by atoms with Crippen LogP contribution in [-0.4, -0.2) is 23.5 Å².